The third-order valence-electron chi connectivity index (χ3n) is 3.17. The molecule has 0 radical (unpaired) electrons. The zero-order valence-electron chi connectivity index (χ0n) is 10.3. The first-order valence-corrected chi connectivity index (χ1v) is 5.98. The highest BCUT2D eigenvalue weighted by atomic mass is 16.2. The fourth-order valence-electron chi connectivity index (χ4n) is 2.11. The molecule has 1 aliphatic carbocycles. The Kier molecular flexibility index (Phi) is 2.68. The number of amides is 2. The molecule has 0 bridgehead atoms. The van der Waals surface area contributed by atoms with Crippen LogP contribution in [-0.2, 0) is 9.59 Å². The fourth-order valence-corrected chi connectivity index (χ4v) is 2.11. The van der Waals surface area contributed by atoms with Gasteiger partial charge in [0.1, 0.15) is 0 Å². The third kappa shape index (κ3) is 2.20. The van der Waals surface area contributed by atoms with E-state index in [4.69, 9.17) is 0 Å². The molecule has 0 spiro atoms. The van der Waals surface area contributed by atoms with Crippen LogP contribution in [0, 0.1) is 5.41 Å². The van der Waals surface area contributed by atoms with Crippen LogP contribution in [0.15, 0.2) is 0 Å². The Bertz CT molecular complexity index is 315. The second-order valence-electron chi connectivity index (χ2n) is 5.80. The zero-order valence-corrected chi connectivity index (χ0v) is 10.3. The van der Waals surface area contributed by atoms with E-state index in [9.17, 15) is 9.59 Å². The minimum absolute atomic E-state index is 0.0799. The van der Waals surface area contributed by atoms with E-state index in [1.54, 1.807) is 4.90 Å². The second kappa shape index (κ2) is 3.75. The molecule has 16 heavy (non-hydrogen) atoms. The quantitative estimate of drug-likeness (QED) is 0.663. The summed E-state index contributed by atoms with van der Waals surface area (Å²) in [6, 6.07) is 0.472. The van der Waals surface area contributed by atoms with Crippen LogP contribution in [0.25, 0.3) is 0 Å². The van der Waals surface area contributed by atoms with E-state index in [-0.39, 0.29) is 23.8 Å². The van der Waals surface area contributed by atoms with Crippen molar-refractivity contribution in [3.05, 3.63) is 0 Å². The van der Waals surface area contributed by atoms with Gasteiger partial charge in [0.25, 0.3) is 0 Å². The van der Waals surface area contributed by atoms with Crippen molar-refractivity contribution >= 4 is 11.8 Å². The largest absolute Gasteiger partial charge is 0.336 e. The minimum atomic E-state index is -0.387. The van der Waals surface area contributed by atoms with Crippen molar-refractivity contribution in [3.63, 3.8) is 0 Å². The van der Waals surface area contributed by atoms with Gasteiger partial charge in [-0.15, -0.1) is 0 Å². The van der Waals surface area contributed by atoms with E-state index in [2.05, 4.69) is 0 Å². The van der Waals surface area contributed by atoms with Crippen LogP contribution in [0.5, 0.6) is 0 Å². The topological polar surface area (TPSA) is 40.6 Å². The molecule has 0 atom stereocenters. The Morgan fingerprint density at radius 2 is 1.88 bits per heavy atom. The van der Waals surface area contributed by atoms with Crippen molar-refractivity contribution in [1.82, 2.24) is 9.80 Å². The van der Waals surface area contributed by atoms with Gasteiger partial charge in [0.2, 0.25) is 11.8 Å². The van der Waals surface area contributed by atoms with E-state index in [1.165, 1.54) is 0 Å². The molecule has 2 rings (SSSR count). The van der Waals surface area contributed by atoms with Crippen molar-refractivity contribution in [3.8, 4) is 0 Å². The maximum absolute atomic E-state index is 12.0. The average Bonchev–Trinajstić information content (AvgIpc) is 2.98. The lowest BCUT2D eigenvalue weighted by molar-refractivity contribution is -0.150. The Labute approximate surface area is 96.6 Å². The SMILES string of the molecule is CC(C)(C)C(=O)N1CCN(C2CC2)C(=O)C1. The molecule has 1 saturated heterocycles. The standard InChI is InChI=1S/C12H20N2O2/c1-12(2,3)11(16)13-6-7-14(9-4-5-9)10(15)8-13/h9H,4-8H2,1-3H3. The first kappa shape index (κ1) is 11.4. The van der Waals surface area contributed by atoms with Gasteiger partial charge in [-0.3, -0.25) is 9.59 Å². The van der Waals surface area contributed by atoms with Gasteiger partial charge < -0.3 is 9.80 Å². The monoisotopic (exact) mass is 224 g/mol. The van der Waals surface area contributed by atoms with Crippen molar-refractivity contribution in [2.75, 3.05) is 19.6 Å². The highest BCUT2D eigenvalue weighted by Crippen LogP contribution is 2.28. The van der Waals surface area contributed by atoms with Crippen LogP contribution in [0.2, 0.25) is 0 Å². The van der Waals surface area contributed by atoms with E-state index in [0.717, 1.165) is 12.8 Å². The van der Waals surface area contributed by atoms with Gasteiger partial charge in [-0.2, -0.15) is 0 Å². The van der Waals surface area contributed by atoms with Gasteiger partial charge in [0.05, 0.1) is 6.54 Å². The maximum Gasteiger partial charge on any atom is 0.242 e. The number of carbonyl (C=O) groups is 2. The first-order valence-electron chi connectivity index (χ1n) is 5.98. The van der Waals surface area contributed by atoms with Crippen LogP contribution in [-0.4, -0.2) is 47.3 Å². The Hall–Kier alpha value is -1.06. The van der Waals surface area contributed by atoms with Gasteiger partial charge in [-0.05, 0) is 12.8 Å². The van der Waals surface area contributed by atoms with Gasteiger partial charge in [-0.1, -0.05) is 20.8 Å². The molecule has 1 heterocycles. The molecular formula is C12H20N2O2. The van der Waals surface area contributed by atoms with Gasteiger partial charge >= 0.3 is 0 Å². The molecule has 2 aliphatic rings. The molecule has 0 N–H and O–H groups in total. The first-order chi connectivity index (χ1) is 7.39. The highest BCUT2D eigenvalue weighted by molar-refractivity contribution is 5.88. The van der Waals surface area contributed by atoms with Gasteiger partial charge in [0.15, 0.2) is 0 Å². The number of carbonyl (C=O) groups excluding carboxylic acids is 2. The number of nitrogens with zero attached hydrogens (tertiary/aromatic N) is 2. The molecule has 0 aromatic rings. The van der Waals surface area contributed by atoms with E-state index < -0.39 is 0 Å². The van der Waals surface area contributed by atoms with Crippen molar-refractivity contribution in [1.29, 1.82) is 0 Å². The second-order valence-corrected chi connectivity index (χ2v) is 5.80. The van der Waals surface area contributed by atoms with Crippen LogP contribution < -0.4 is 0 Å². The Morgan fingerprint density at radius 3 is 2.31 bits per heavy atom. The lowest BCUT2D eigenvalue weighted by atomic mass is 9.94. The van der Waals surface area contributed by atoms with Crippen molar-refractivity contribution in [2.45, 2.75) is 39.7 Å². The molecule has 0 aromatic heterocycles. The maximum atomic E-state index is 12.0. The van der Waals surface area contributed by atoms with Crippen LogP contribution >= 0.6 is 0 Å². The molecule has 4 heteroatoms. The minimum Gasteiger partial charge on any atom is -0.336 e. The summed E-state index contributed by atoms with van der Waals surface area (Å²) in [7, 11) is 0. The molecule has 1 saturated carbocycles. The normalized spacial score (nSPS) is 22.6. The molecule has 4 nitrogen and oxygen atoms in total. The summed E-state index contributed by atoms with van der Waals surface area (Å²) >= 11 is 0. The lowest BCUT2D eigenvalue weighted by Crippen LogP contribution is -2.55. The Morgan fingerprint density at radius 1 is 1.25 bits per heavy atom. The Balaban J connectivity index is 1.96. The molecule has 0 aromatic carbocycles. The number of piperazine rings is 1. The molecule has 2 fully saturated rings. The summed E-state index contributed by atoms with van der Waals surface area (Å²) in [5, 5.41) is 0. The highest BCUT2D eigenvalue weighted by Gasteiger charge is 2.38. The van der Waals surface area contributed by atoms with Crippen molar-refractivity contribution in [2.24, 2.45) is 5.41 Å². The van der Waals surface area contributed by atoms with Gasteiger partial charge in [-0.25, -0.2) is 0 Å². The summed E-state index contributed by atoms with van der Waals surface area (Å²) < 4.78 is 0. The predicted molar refractivity (Wildman–Crippen MR) is 60.8 cm³/mol. The molecule has 0 unspecified atom stereocenters. The zero-order chi connectivity index (χ0) is 11.9. The summed E-state index contributed by atoms with van der Waals surface area (Å²) in [4.78, 5) is 27.5. The number of hydrogen-bond acceptors (Lipinski definition) is 2. The lowest BCUT2D eigenvalue weighted by Gasteiger charge is -2.37. The van der Waals surface area contributed by atoms with E-state index >= 15 is 0 Å². The number of rotatable bonds is 1. The predicted octanol–water partition coefficient (Wildman–Crippen LogP) is 0.866. The molecule has 1 aliphatic heterocycles. The average molecular weight is 224 g/mol. The number of hydrogen-bond donors (Lipinski definition) is 0. The van der Waals surface area contributed by atoms with E-state index in [0.29, 0.717) is 19.1 Å². The summed E-state index contributed by atoms with van der Waals surface area (Å²) in [5.74, 6) is 0.197. The van der Waals surface area contributed by atoms with Crippen LogP contribution in [0.1, 0.15) is 33.6 Å². The van der Waals surface area contributed by atoms with Crippen LogP contribution in [0.3, 0.4) is 0 Å². The smallest absolute Gasteiger partial charge is 0.242 e. The summed E-state index contributed by atoms with van der Waals surface area (Å²) in [5.41, 5.74) is -0.387. The summed E-state index contributed by atoms with van der Waals surface area (Å²) in [6.07, 6.45) is 2.28. The van der Waals surface area contributed by atoms with Crippen molar-refractivity contribution < 1.29 is 9.59 Å². The molecular weight excluding hydrogens is 204 g/mol. The molecule has 2 amide bonds. The van der Waals surface area contributed by atoms with E-state index in [1.807, 2.05) is 25.7 Å². The van der Waals surface area contributed by atoms with Crippen LogP contribution in [0.4, 0.5) is 0 Å². The third-order valence-corrected chi connectivity index (χ3v) is 3.17. The summed E-state index contributed by atoms with van der Waals surface area (Å²) in [6.45, 7) is 7.36. The fraction of sp³-hybridized carbons (Fsp3) is 0.833. The van der Waals surface area contributed by atoms with Gasteiger partial charge in [0, 0.05) is 24.5 Å². The molecule has 90 valence electrons.